The first-order valence-corrected chi connectivity index (χ1v) is 8.67. The smallest absolute Gasteiger partial charge is 0.386 e. The Morgan fingerprint density at radius 3 is 2.17 bits per heavy atom. The minimum Gasteiger partial charge on any atom is -0.386 e. The Morgan fingerprint density at radius 2 is 1.60 bits per heavy atom. The molecule has 0 fully saturated rings. The summed E-state index contributed by atoms with van der Waals surface area (Å²) in [6, 6.07) is 7.74. The molecule has 1 aromatic heterocycles. The van der Waals surface area contributed by atoms with Crippen molar-refractivity contribution in [1.82, 2.24) is 9.88 Å². The van der Waals surface area contributed by atoms with Crippen LogP contribution in [0.2, 0.25) is 0 Å². The molecule has 0 saturated carbocycles. The average molecular weight is 430 g/mol. The number of fused-ring (bicyclic) bond motifs is 1. The van der Waals surface area contributed by atoms with E-state index < -0.39 is 47.6 Å². The van der Waals surface area contributed by atoms with E-state index in [1.165, 1.54) is 0 Å². The van der Waals surface area contributed by atoms with Crippen molar-refractivity contribution in [3.8, 4) is 0 Å². The van der Waals surface area contributed by atoms with Crippen molar-refractivity contribution in [1.29, 1.82) is 0 Å². The highest BCUT2D eigenvalue weighted by molar-refractivity contribution is 5.94. The lowest BCUT2D eigenvalue weighted by Crippen LogP contribution is -2.29. The van der Waals surface area contributed by atoms with Gasteiger partial charge in [0.2, 0.25) is 0 Å². The van der Waals surface area contributed by atoms with Crippen LogP contribution < -0.4 is 5.32 Å². The summed E-state index contributed by atoms with van der Waals surface area (Å²) in [5.41, 5.74) is -2.70. The first kappa shape index (κ1) is 21.7. The van der Waals surface area contributed by atoms with Gasteiger partial charge in [-0.25, -0.2) is 0 Å². The van der Waals surface area contributed by atoms with Gasteiger partial charge in [-0.05, 0) is 24.3 Å². The minimum atomic E-state index is -5.06. The van der Waals surface area contributed by atoms with E-state index in [0.717, 1.165) is 5.52 Å². The maximum absolute atomic E-state index is 12.9. The number of benzene rings is 2. The standard InChI is InChI=1S/C20H16F6N2O2/c1-28-10-15(14-4-2-3-5-16(14)28)17(29)9-27-18(30)11-6-12(19(21,22)23)8-13(7-11)20(24,25)26/h2-8,10,17,29H,9H2,1H3,(H,27,30). The van der Waals surface area contributed by atoms with E-state index in [1.54, 1.807) is 36.0 Å². The number of aromatic nitrogens is 1. The molecule has 1 atom stereocenters. The predicted molar refractivity (Wildman–Crippen MR) is 96.7 cm³/mol. The SMILES string of the molecule is Cn1cc(C(O)CNC(=O)c2cc(C(F)(F)F)cc(C(F)(F)F)c2)c2ccccc21. The number of aryl methyl sites for hydroxylation is 1. The molecular weight excluding hydrogens is 414 g/mol. The van der Waals surface area contributed by atoms with Crippen molar-refractivity contribution >= 4 is 16.8 Å². The second-order valence-electron chi connectivity index (χ2n) is 6.73. The largest absolute Gasteiger partial charge is 0.416 e. The number of aliphatic hydroxyl groups is 1. The van der Waals surface area contributed by atoms with Gasteiger partial charge in [0.05, 0.1) is 17.2 Å². The van der Waals surface area contributed by atoms with Crippen molar-refractivity contribution < 1.29 is 36.2 Å². The monoisotopic (exact) mass is 430 g/mol. The van der Waals surface area contributed by atoms with Crippen LogP contribution in [0.5, 0.6) is 0 Å². The number of hydrogen-bond donors (Lipinski definition) is 2. The molecule has 1 unspecified atom stereocenters. The fraction of sp³-hybridized carbons (Fsp3) is 0.250. The Morgan fingerprint density at radius 1 is 1.03 bits per heavy atom. The highest BCUT2D eigenvalue weighted by Gasteiger charge is 2.37. The quantitative estimate of drug-likeness (QED) is 0.591. The lowest BCUT2D eigenvalue weighted by atomic mass is 10.0. The number of carbonyl (C=O) groups is 1. The molecule has 2 aromatic carbocycles. The highest BCUT2D eigenvalue weighted by Crippen LogP contribution is 2.36. The number of alkyl halides is 6. The Balaban J connectivity index is 1.83. The zero-order valence-corrected chi connectivity index (χ0v) is 15.5. The van der Waals surface area contributed by atoms with Gasteiger partial charge < -0.3 is 15.0 Å². The van der Waals surface area contributed by atoms with E-state index in [-0.39, 0.29) is 6.07 Å². The predicted octanol–water partition coefficient (Wildman–Crippen LogP) is 4.68. The van der Waals surface area contributed by atoms with Crippen molar-refractivity contribution in [3.63, 3.8) is 0 Å². The van der Waals surface area contributed by atoms with Crippen LogP contribution in [0, 0.1) is 0 Å². The summed E-state index contributed by atoms with van der Waals surface area (Å²) in [6.45, 7) is -0.398. The third-order valence-corrected chi connectivity index (χ3v) is 4.59. The van der Waals surface area contributed by atoms with E-state index in [1.807, 2.05) is 6.07 Å². The van der Waals surface area contributed by atoms with Crippen LogP contribution in [0.3, 0.4) is 0 Å². The van der Waals surface area contributed by atoms with Crippen LogP contribution in [-0.4, -0.2) is 22.1 Å². The molecule has 0 radical (unpaired) electrons. The molecule has 0 spiro atoms. The normalized spacial score (nSPS) is 13.5. The first-order valence-electron chi connectivity index (χ1n) is 8.67. The third kappa shape index (κ3) is 4.43. The van der Waals surface area contributed by atoms with Gasteiger partial charge >= 0.3 is 12.4 Å². The lowest BCUT2D eigenvalue weighted by molar-refractivity contribution is -0.143. The average Bonchev–Trinajstić information content (AvgIpc) is 3.01. The van der Waals surface area contributed by atoms with Crippen LogP contribution in [0.25, 0.3) is 10.9 Å². The number of hydrogen-bond acceptors (Lipinski definition) is 2. The summed E-state index contributed by atoms with van der Waals surface area (Å²) >= 11 is 0. The number of amides is 1. The van der Waals surface area contributed by atoms with Gasteiger partial charge in [0.1, 0.15) is 0 Å². The minimum absolute atomic E-state index is 0.0538. The summed E-state index contributed by atoms with van der Waals surface area (Å²) in [5.74, 6) is -1.16. The van der Waals surface area contributed by atoms with Gasteiger partial charge in [-0.1, -0.05) is 18.2 Å². The molecule has 0 saturated heterocycles. The molecule has 4 nitrogen and oxygen atoms in total. The van der Waals surface area contributed by atoms with E-state index >= 15 is 0 Å². The third-order valence-electron chi connectivity index (χ3n) is 4.59. The molecule has 2 N–H and O–H groups in total. The summed E-state index contributed by atoms with van der Waals surface area (Å²) in [5, 5.41) is 13.3. The molecule has 0 aliphatic carbocycles. The summed E-state index contributed by atoms with van der Waals surface area (Å²) in [4.78, 5) is 12.2. The molecule has 1 amide bonds. The highest BCUT2D eigenvalue weighted by atomic mass is 19.4. The van der Waals surface area contributed by atoms with Crippen molar-refractivity contribution in [2.24, 2.45) is 7.05 Å². The van der Waals surface area contributed by atoms with Gasteiger partial charge in [-0.15, -0.1) is 0 Å². The summed E-state index contributed by atoms with van der Waals surface area (Å²) in [6.07, 6.45) is -9.70. The molecule has 0 aliphatic rings. The molecule has 1 heterocycles. The Kier molecular flexibility index (Phi) is 5.55. The van der Waals surface area contributed by atoms with Crippen LogP contribution in [0.1, 0.15) is 33.2 Å². The van der Waals surface area contributed by atoms with E-state index in [2.05, 4.69) is 5.32 Å². The molecule has 0 aliphatic heterocycles. The molecule has 3 aromatic rings. The van der Waals surface area contributed by atoms with Crippen molar-refractivity contribution in [2.75, 3.05) is 6.54 Å². The number of halogens is 6. The Labute approximate surface area is 166 Å². The summed E-state index contributed by atoms with van der Waals surface area (Å²) in [7, 11) is 1.75. The second-order valence-corrected chi connectivity index (χ2v) is 6.73. The fourth-order valence-corrected chi connectivity index (χ4v) is 3.13. The van der Waals surface area contributed by atoms with Gasteiger partial charge in [0, 0.05) is 41.8 Å². The topological polar surface area (TPSA) is 54.3 Å². The Bertz CT molecular complexity index is 1050. The van der Waals surface area contributed by atoms with Crippen LogP contribution in [0.15, 0.2) is 48.7 Å². The van der Waals surface area contributed by atoms with Crippen molar-refractivity contribution in [3.05, 3.63) is 70.9 Å². The number of carbonyl (C=O) groups excluding carboxylic acids is 1. The molecule has 30 heavy (non-hydrogen) atoms. The zero-order valence-electron chi connectivity index (χ0n) is 15.5. The van der Waals surface area contributed by atoms with Gasteiger partial charge in [0.25, 0.3) is 5.91 Å². The number of nitrogens with zero attached hydrogens (tertiary/aromatic N) is 1. The van der Waals surface area contributed by atoms with Gasteiger partial charge in [-0.3, -0.25) is 4.79 Å². The van der Waals surface area contributed by atoms with E-state index in [9.17, 15) is 36.2 Å². The maximum Gasteiger partial charge on any atom is 0.416 e. The molecule has 10 heteroatoms. The molecule has 0 bridgehead atoms. The second kappa shape index (κ2) is 7.67. The maximum atomic E-state index is 12.9. The van der Waals surface area contributed by atoms with Gasteiger partial charge in [0.15, 0.2) is 0 Å². The molecule has 160 valence electrons. The fourth-order valence-electron chi connectivity index (χ4n) is 3.13. The zero-order chi connectivity index (χ0) is 22.3. The molecular formula is C20H16F6N2O2. The molecule has 3 rings (SSSR count). The number of aliphatic hydroxyl groups excluding tert-OH is 1. The lowest BCUT2D eigenvalue weighted by Gasteiger charge is -2.15. The van der Waals surface area contributed by atoms with Crippen LogP contribution in [0.4, 0.5) is 26.3 Å². The van der Waals surface area contributed by atoms with Crippen LogP contribution in [-0.2, 0) is 19.4 Å². The summed E-state index contributed by atoms with van der Waals surface area (Å²) < 4.78 is 79.4. The number of rotatable bonds is 4. The number of nitrogens with one attached hydrogen (secondary N) is 1. The van der Waals surface area contributed by atoms with Gasteiger partial charge in [-0.2, -0.15) is 26.3 Å². The Hall–Kier alpha value is -3.01. The first-order chi connectivity index (χ1) is 13.9. The number of para-hydroxylation sites is 1. The van der Waals surface area contributed by atoms with E-state index in [4.69, 9.17) is 0 Å². The van der Waals surface area contributed by atoms with Crippen LogP contribution >= 0.6 is 0 Å². The van der Waals surface area contributed by atoms with E-state index in [0.29, 0.717) is 23.1 Å². The van der Waals surface area contributed by atoms with Crippen molar-refractivity contribution in [2.45, 2.75) is 18.5 Å².